The third kappa shape index (κ3) is 3.12. The molecule has 1 saturated carbocycles. The predicted molar refractivity (Wildman–Crippen MR) is 72.6 cm³/mol. The van der Waals surface area contributed by atoms with Crippen LogP contribution in [0.25, 0.3) is 0 Å². The minimum absolute atomic E-state index is 0.00389. The molecule has 1 amide bonds. The van der Waals surface area contributed by atoms with Crippen molar-refractivity contribution in [1.29, 1.82) is 0 Å². The Bertz CT molecular complexity index is 483. The summed E-state index contributed by atoms with van der Waals surface area (Å²) >= 11 is 1.37. The van der Waals surface area contributed by atoms with Gasteiger partial charge in [0.05, 0.1) is 9.75 Å². The molecule has 0 saturated heterocycles. The van der Waals surface area contributed by atoms with Gasteiger partial charge in [0.1, 0.15) is 6.61 Å². The van der Waals surface area contributed by atoms with Gasteiger partial charge in [-0.15, -0.1) is 11.3 Å². The van der Waals surface area contributed by atoms with Crippen LogP contribution in [0.3, 0.4) is 0 Å². The number of aliphatic hydroxyl groups is 1. The Hall–Kier alpha value is -1.31. The first-order valence-corrected chi connectivity index (χ1v) is 7.03. The van der Waals surface area contributed by atoms with E-state index in [1.165, 1.54) is 24.2 Å². The lowest BCUT2D eigenvalue weighted by Crippen LogP contribution is -2.35. The quantitative estimate of drug-likeness (QED) is 0.802. The zero-order valence-electron chi connectivity index (χ0n) is 10.4. The number of nitrogens with one attached hydrogen (secondary N) is 1. The molecule has 96 valence electrons. The first-order chi connectivity index (χ1) is 8.70. The third-order valence-electron chi connectivity index (χ3n) is 3.30. The van der Waals surface area contributed by atoms with Crippen LogP contribution in [-0.2, 0) is 0 Å². The van der Waals surface area contributed by atoms with Gasteiger partial charge in [0.15, 0.2) is 0 Å². The summed E-state index contributed by atoms with van der Waals surface area (Å²) in [5.74, 6) is 5.96. The lowest BCUT2D eigenvalue weighted by Gasteiger charge is -2.16. The Morgan fingerprint density at radius 1 is 1.56 bits per heavy atom. The molecule has 0 aromatic carbocycles. The Kier molecular flexibility index (Phi) is 4.40. The zero-order chi connectivity index (χ0) is 13.0. The fourth-order valence-corrected chi connectivity index (χ4v) is 3.04. The van der Waals surface area contributed by atoms with Crippen LogP contribution in [0.5, 0.6) is 0 Å². The standard InChI is InChI=1S/C14H17NO2S/c1-10-4-2-6-12(10)15-14(17)13-8-7-11(18-13)5-3-9-16/h7-8,10,12,16H,2,4,6,9H2,1H3,(H,15,17). The van der Waals surface area contributed by atoms with Gasteiger partial charge in [0, 0.05) is 6.04 Å². The summed E-state index contributed by atoms with van der Waals surface area (Å²) in [6.07, 6.45) is 3.47. The molecule has 0 radical (unpaired) electrons. The van der Waals surface area contributed by atoms with Crippen molar-refractivity contribution in [2.24, 2.45) is 5.92 Å². The number of rotatable bonds is 2. The van der Waals surface area contributed by atoms with Crippen LogP contribution >= 0.6 is 11.3 Å². The van der Waals surface area contributed by atoms with Gasteiger partial charge in [0.25, 0.3) is 5.91 Å². The SMILES string of the molecule is CC1CCCC1NC(=O)c1ccc(C#CCO)s1. The molecule has 18 heavy (non-hydrogen) atoms. The Morgan fingerprint density at radius 3 is 3.06 bits per heavy atom. The molecular weight excluding hydrogens is 246 g/mol. The minimum atomic E-state index is -0.154. The fraction of sp³-hybridized carbons (Fsp3) is 0.500. The number of amides is 1. The largest absolute Gasteiger partial charge is 0.384 e. The van der Waals surface area contributed by atoms with Crippen LogP contribution in [-0.4, -0.2) is 23.7 Å². The van der Waals surface area contributed by atoms with Gasteiger partial charge in [-0.2, -0.15) is 0 Å². The van der Waals surface area contributed by atoms with Crippen LogP contribution < -0.4 is 5.32 Å². The molecule has 1 fully saturated rings. The highest BCUT2D eigenvalue weighted by molar-refractivity contribution is 7.14. The van der Waals surface area contributed by atoms with E-state index >= 15 is 0 Å². The van der Waals surface area contributed by atoms with E-state index in [2.05, 4.69) is 24.1 Å². The van der Waals surface area contributed by atoms with Crippen LogP contribution in [0.2, 0.25) is 0 Å². The molecule has 1 aliphatic rings. The summed E-state index contributed by atoms with van der Waals surface area (Å²) in [5.41, 5.74) is 0. The third-order valence-corrected chi connectivity index (χ3v) is 4.30. The predicted octanol–water partition coefficient (Wildman–Crippen LogP) is 2.01. The summed E-state index contributed by atoms with van der Waals surface area (Å²) in [7, 11) is 0. The van der Waals surface area contributed by atoms with E-state index in [0.29, 0.717) is 16.8 Å². The van der Waals surface area contributed by atoms with Crippen LogP contribution in [0, 0.1) is 17.8 Å². The van der Waals surface area contributed by atoms with E-state index in [9.17, 15) is 4.79 Å². The molecule has 0 aliphatic heterocycles. The number of thiophene rings is 1. The van der Waals surface area contributed by atoms with Gasteiger partial charge in [-0.05, 0) is 30.9 Å². The normalized spacial score (nSPS) is 22.3. The van der Waals surface area contributed by atoms with Gasteiger partial charge in [-0.3, -0.25) is 4.79 Å². The van der Waals surface area contributed by atoms with Crippen molar-refractivity contribution in [3.63, 3.8) is 0 Å². The maximum absolute atomic E-state index is 12.0. The highest BCUT2D eigenvalue weighted by Crippen LogP contribution is 2.25. The van der Waals surface area contributed by atoms with E-state index in [1.54, 1.807) is 6.07 Å². The zero-order valence-corrected chi connectivity index (χ0v) is 11.2. The monoisotopic (exact) mass is 263 g/mol. The smallest absolute Gasteiger partial charge is 0.261 e. The highest BCUT2D eigenvalue weighted by Gasteiger charge is 2.25. The average Bonchev–Trinajstić information content (AvgIpc) is 2.97. The van der Waals surface area contributed by atoms with Crippen molar-refractivity contribution in [2.45, 2.75) is 32.2 Å². The van der Waals surface area contributed by atoms with E-state index in [0.717, 1.165) is 11.3 Å². The van der Waals surface area contributed by atoms with E-state index in [-0.39, 0.29) is 12.5 Å². The highest BCUT2D eigenvalue weighted by atomic mass is 32.1. The van der Waals surface area contributed by atoms with Crippen molar-refractivity contribution in [1.82, 2.24) is 5.32 Å². The average molecular weight is 263 g/mol. The molecule has 2 N–H and O–H groups in total. The molecule has 1 aromatic rings. The molecule has 0 spiro atoms. The summed E-state index contributed by atoms with van der Waals surface area (Å²) < 4.78 is 0. The summed E-state index contributed by atoms with van der Waals surface area (Å²) in [6, 6.07) is 3.92. The van der Waals surface area contributed by atoms with Crippen molar-refractivity contribution >= 4 is 17.2 Å². The number of hydrogen-bond acceptors (Lipinski definition) is 3. The topological polar surface area (TPSA) is 49.3 Å². The van der Waals surface area contributed by atoms with Crippen molar-refractivity contribution in [3.05, 3.63) is 21.9 Å². The molecule has 1 heterocycles. The fourth-order valence-electron chi connectivity index (χ4n) is 2.25. The van der Waals surface area contributed by atoms with E-state index in [1.807, 2.05) is 6.07 Å². The molecule has 0 bridgehead atoms. The van der Waals surface area contributed by atoms with Gasteiger partial charge in [-0.1, -0.05) is 25.2 Å². The first-order valence-electron chi connectivity index (χ1n) is 6.21. The number of carbonyl (C=O) groups excluding carboxylic acids is 1. The van der Waals surface area contributed by atoms with E-state index in [4.69, 9.17) is 5.11 Å². The van der Waals surface area contributed by atoms with Gasteiger partial charge in [0.2, 0.25) is 0 Å². The molecule has 3 nitrogen and oxygen atoms in total. The molecular formula is C14H17NO2S. The number of carbonyl (C=O) groups is 1. The summed E-state index contributed by atoms with van der Waals surface area (Å²) in [5, 5.41) is 11.7. The first kappa shape index (κ1) is 13.1. The minimum Gasteiger partial charge on any atom is -0.384 e. The Labute approximate surface area is 111 Å². The second-order valence-electron chi connectivity index (χ2n) is 4.61. The van der Waals surface area contributed by atoms with Gasteiger partial charge < -0.3 is 10.4 Å². The van der Waals surface area contributed by atoms with Crippen LogP contribution in [0.15, 0.2) is 12.1 Å². The number of hydrogen-bond donors (Lipinski definition) is 2. The van der Waals surface area contributed by atoms with Crippen molar-refractivity contribution < 1.29 is 9.90 Å². The Morgan fingerprint density at radius 2 is 2.39 bits per heavy atom. The van der Waals surface area contributed by atoms with Crippen LogP contribution in [0.1, 0.15) is 40.7 Å². The second kappa shape index (κ2) is 6.03. The molecule has 4 heteroatoms. The molecule has 1 aromatic heterocycles. The molecule has 2 rings (SSSR count). The molecule has 1 aliphatic carbocycles. The maximum Gasteiger partial charge on any atom is 0.261 e. The van der Waals surface area contributed by atoms with Crippen LogP contribution in [0.4, 0.5) is 0 Å². The second-order valence-corrected chi connectivity index (χ2v) is 5.70. The molecule has 2 atom stereocenters. The van der Waals surface area contributed by atoms with Crippen molar-refractivity contribution in [2.75, 3.05) is 6.61 Å². The van der Waals surface area contributed by atoms with E-state index < -0.39 is 0 Å². The number of aliphatic hydroxyl groups excluding tert-OH is 1. The van der Waals surface area contributed by atoms with Gasteiger partial charge in [-0.25, -0.2) is 0 Å². The lowest BCUT2D eigenvalue weighted by molar-refractivity contribution is 0.0934. The molecule has 2 unspecified atom stereocenters. The van der Waals surface area contributed by atoms with Gasteiger partial charge >= 0.3 is 0 Å². The lowest BCUT2D eigenvalue weighted by atomic mass is 10.1. The summed E-state index contributed by atoms with van der Waals surface area (Å²) in [4.78, 5) is 13.5. The summed E-state index contributed by atoms with van der Waals surface area (Å²) in [6.45, 7) is 2.03. The van der Waals surface area contributed by atoms with Crippen molar-refractivity contribution in [3.8, 4) is 11.8 Å². The maximum atomic E-state index is 12.0. The Balaban J connectivity index is 1.98.